The van der Waals surface area contributed by atoms with Crippen molar-refractivity contribution in [3.05, 3.63) is 33.8 Å². The van der Waals surface area contributed by atoms with Crippen molar-refractivity contribution in [2.75, 3.05) is 11.9 Å². The van der Waals surface area contributed by atoms with Gasteiger partial charge >= 0.3 is 0 Å². The van der Waals surface area contributed by atoms with Crippen LogP contribution in [0.25, 0.3) is 11.4 Å². The molecule has 1 N–H and O–H groups in total. The molecule has 0 aromatic carbocycles. The normalized spacial score (nSPS) is 10.4. The summed E-state index contributed by atoms with van der Waals surface area (Å²) < 4.78 is 1.03. The lowest BCUT2D eigenvalue weighted by Crippen LogP contribution is -2.06. The lowest BCUT2D eigenvalue weighted by atomic mass is 10.1. The summed E-state index contributed by atoms with van der Waals surface area (Å²) in [5.74, 6) is 1.62. The first-order chi connectivity index (χ1) is 8.72. The molecule has 2 aromatic heterocycles. The number of aromatic nitrogens is 3. The highest BCUT2D eigenvalue weighted by atomic mass is 127. The van der Waals surface area contributed by atoms with Crippen LogP contribution < -0.4 is 5.32 Å². The predicted molar refractivity (Wildman–Crippen MR) is 81.5 cm³/mol. The SMILES string of the molecule is CCCNc1nc(-c2cnccc2C)ncc1I. The van der Waals surface area contributed by atoms with Gasteiger partial charge in [0.1, 0.15) is 5.82 Å². The quantitative estimate of drug-likeness (QED) is 0.857. The summed E-state index contributed by atoms with van der Waals surface area (Å²) >= 11 is 2.24. The molecule has 5 heteroatoms. The first kappa shape index (κ1) is 13.2. The van der Waals surface area contributed by atoms with Crippen molar-refractivity contribution in [3.8, 4) is 11.4 Å². The van der Waals surface area contributed by atoms with E-state index in [0.717, 1.165) is 39.3 Å². The van der Waals surface area contributed by atoms with Gasteiger partial charge in [0, 0.05) is 30.7 Å². The number of pyridine rings is 1. The number of nitrogens with one attached hydrogen (secondary N) is 1. The molecule has 0 bridgehead atoms. The summed E-state index contributed by atoms with van der Waals surface area (Å²) in [6.45, 7) is 5.09. The molecular formula is C13H15IN4. The summed E-state index contributed by atoms with van der Waals surface area (Å²) in [4.78, 5) is 13.1. The van der Waals surface area contributed by atoms with Crippen LogP contribution in [-0.2, 0) is 0 Å². The fourth-order valence-corrected chi connectivity index (χ4v) is 2.01. The molecule has 0 atom stereocenters. The maximum atomic E-state index is 4.57. The Balaban J connectivity index is 2.38. The predicted octanol–water partition coefficient (Wildman–Crippen LogP) is 3.27. The highest BCUT2D eigenvalue weighted by Crippen LogP contribution is 2.22. The summed E-state index contributed by atoms with van der Waals surface area (Å²) in [5, 5.41) is 3.31. The second-order valence-electron chi connectivity index (χ2n) is 4.01. The third-order valence-electron chi connectivity index (χ3n) is 2.57. The monoisotopic (exact) mass is 354 g/mol. The van der Waals surface area contributed by atoms with E-state index in [1.165, 1.54) is 0 Å². The second-order valence-corrected chi connectivity index (χ2v) is 5.17. The van der Waals surface area contributed by atoms with Gasteiger partial charge in [-0.1, -0.05) is 6.92 Å². The summed E-state index contributed by atoms with van der Waals surface area (Å²) in [6.07, 6.45) is 6.50. The van der Waals surface area contributed by atoms with E-state index in [9.17, 15) is 0 Å². The molecular weight excluding hydrogens is 339 g/mol. The van der Waals surface area contributed by atoms with Gasteiger partial charge in [-0.15, -0.1) is 0 Å². The summed E-state index contributed by atoms with van der Waals surface area (Å²) in [6, 6.07) is 1.97. The molecule has 94 valence electrons. The minimum atomic E-state index is 0.722. The Kier molecular flexibility index (Phi) is 4.46. The van der Waals surface area contributed by atoms with Gasteiger partial charge in [-0.25, -0.2) is 9.97 Å². The van der Waals surface area contributed by atoms with E-state index in [-0.39, 0.29) is 0 Å². The van der Waals surface area contributed by atoms with E-state index in [2.05, 4.69) is 49.8 Å². The van der Waals surface area contributed by atoms with E-state index in [4.69, 9.17) is 0 Å². The van der Waals surface area contributed by atoms with Crippen molar-refractivity contribution >= 4 is 28.4 Å². The average Bonchev–Trinajstić information content (AvgIpc) is 2.39. The van der Waals surface area contributed by atoms with Crippen LogP contribution >= 0.6 is 22.6 Å². The van der Waals surface area contributed by atoms with E-state index >= 15 is 0 Å². The number of rotatable bonds is 4. The topological polar surface area (TPSA) is 50.7 Å². The largest absolute Gasteiger partial charge is 0.369 e. The summed E-state index contributed by atoms with van der Waals surface area (Å²) in [7, 11) is 0. The Hall–Kier alpha value is -1.24. The molecule has 0 radical (unpaired) electrons. The molecule has 2 rings (SSSR count). The molecule has 0 saturated carbocycles. The zero-order valence-electron chi connectivity index (χ0n) is 10.4. The fraction of sp³-hybridized carbons (Fsp3) is 0.308. The van der Waals surface area contributed by atoms with Gasteiger partial charge in [0.25, 0.3) is 0 Å². The van der Waals surface area contributed by atoms with Crippen molar-refractivity contribution in [1.82, 2.24) is 15.0 Å². The molecule has 18 heavy (non-hydrogen) atoms. The van der Waals surface area contributed by atoms with Crippen molar-refractivity contribution in [2.24, 2.45) is 0 Å². The van der Waals surface area contributed by atoms with Crippen LogP contribution in [0.3, 0.4) is 0 Å². The van der Waals surface area contributed by atoms with Crippen molar-refractivity contribution in [1.29, 1.82) is 0 Å². The van der Waals surface area contributed by atoms with Crippen LogP contribution in [0, 0.1) is 10.5 Å². The molecule has 0 amide bonds. The Morgan fingerprint density at radius 1 is 1.33 bits per heavy atom. The maximum absolute atomic E-state index is 4.57. The van der Waals surface area contributed by atoms with E-state index in [1.807, 2.05) is 19.2 Å². The van der Waals surface area contributed by atoms with Gasteiger partial charge in [0.05, 0.1) is 3.57 Å². The van der Waals surface area contributed by atoms with Crippen LogP contribution in [-0.4, -0.2) is 21.5 Å². The number of hydrogen-bond acceptors (Lipinski definition) is 4. The van der Waals surface area contributed by atoms with Crippen LogP contribution in [0.4, 0.5) is 5.82 Å². The van der Waals surface area contributed by atoms with Crippen LogP contribution in [0.1, 0.15) is 18.9 Å². The van der Waals surface area contributed by atoms with E-state index in [1.54, 1.807) is 12.4 Å². The highest BCUT2D eigenvalue weighted by Gasteiger charge is 2.08. The number of anilines is 1. The van der Waals surface area contributed by atoms with Crippen LogP contribution in [0.2, 0.25) is 0 Å². The average molecular weight is 354 g/mol. The third kappa shape index (κ3) is 2.95. The number of nitrogens with zero attached hydrogens (tertiary/aromatic N) is 3. The molecule has 2 heterocycles. The Morgan fingerprint density at radius 3 is 2.89 bits per heavy atom. The van der Waals surface area contributed by atoms with Crippen molar-refractivity contribution < 1.29 is 0 Å². The smallest absolute Gasteiger partial charge is 0.163 e. The first-order valence-electron chi connectivity index (χ1n) is 5.89. The zero-order chi connectivity index (χ0) is 13.0. The van der Waals surface area contributed by atoms with Crippen LogP contribution in [0.5, 0.6) is 0 Å². The molecule has 0 fully saturated rings. The zero-order valence-corrected chi connectivity index (χ0v) is 12.6. The maximum Gasteiger partial charge on any atom is 0.163 e. The Labute approximate surface area is 120 Å². The highest BCUT2D eigenvalue weighted by molar-refractivity contribution is 14.1. The standard InChI is InChI=1S/C13H15IN4/c1-3-5-16-13-11(14)8-17-12(18-13)10-7-15-6-4-9(10)2/h4,6-8H,3,5H2,1-2H3,(H,16,17,18). The van der Waals surface area contributed by atoms with Gasteiger partial charge in [-0.2, -0.15) is 0 Å². The number of aryl methyl sites for hydroxylation is 1. The minimum Gasteiger partial charge on any atom is -0.369 e. The lowest BCUT2D eigenvalue weighted by Gasteiger charge is -2.09. The molecule has 0 aliphatic rings. The molecule has 0 aliphatic heterocycles. The van der Waals surface area contributed by atoms with E-state index in [0.29, 0.717) is 0 Å². The first-order valence-corrected chi connectivity index (χ1v) is 6.97. The van der Waals surface area contributed by atoms with Gasteiger partial charge in [0.15, 0.2) is 5.82 Å². The number of hydrogen-bond donors (Lipinski definition) is 1. The molecule has 4 nitrogen and oxygen atoms in total. The van der Waals surface area contributed by atoms with Gasteiger partial charge in [-0.05, 0) is 47.6 Å². The molecule has 0 aliphatic carbocycles. The van der Waals surface area contributed by atoms with Crippen molar-refractivity contribution in [3.63, 3.8) is 0 Å². The van der Waals surface area contributed by atoms with E-state index < -0.39 is 0 Å². The Morgan fingerprint density at radius 2 is 2.17 bits per heavy atom. The van der Waals surface area contributed by atoms with Crippen LogP contribution in [0.15, 0.2) is 24.7 Å². The van der Waals surface area contributed by atoms with Gasteiger partial charge < -0.3 is 5.32 Å². The number of halogens is 1. The molecule has 0 spiro atoms. The summed E-state index contributed by atoms with van der Waals surface area (Å²) in [5.41, 5.74) is 2.11. The second kappa shape index (κ2) is 6.08. The fourth-order valence-electron chi connectivity index (χ4n) is 1.56. The Bertz CT molecular complexity index is 542. The minimum absolute atomic E-state index is 0.722. The third-order valence-corrected chi connectivity index (χ3v) is 3.36. The molecule has 0 saturated heterocycles. The van der Waals surface area contributed by atoms with Crippen molar-refractivity contribution in [2.45, 2.75) is 20.3 Å². The van der Waals surface area contributed by atoms with Gasteiger partial charge in [0.2, 0.25) is 0 Å². The molecule has 0 unspecified atom stereocenters. The lowest BCUT2D eigenvalue weighted by molar-refractivity contribution is 0.962. The van der Waals surface area contributed by atoms with Gasteiger partial charge in [-0.3, -0.25) is 4.98 Å². The molecule has 2 aromatic rings.